The van der Waals surface area contributed by atoms with E-state index < -0.39 is 0 Å². The fourth-order valence-electron chi connectivity index (χ4n) is 2.39. The van der Waals surface area contributed by atoms with E-state index in [4.69, 9.17) is 4.74 Å². The van der Waals surface area contributed by atoms with E-state index in [0.29, 0.717) is 24.5 Å². The standard InChI is InChI=1S/C22H21N3O2/c1-2-14-23-22(26)18-8-13-21(24-15-18)25-19-9-11-20(12-10-19)27-16-17-6-4-3-5-7-17/h2-13,15H,1,14,16H2,(H,23,26)(H,24,25). The minimum absolute atomic E-state index is 0.172. The summed E-state index contributed by atoms with van der Waals surface area (Å²) < 4.78 is 5.78. The van der Waals surface area contributed by atoms with Gasteiger partial charge in [-0.05, 0) is 42.0 Å². The molecule has 5 nitrogen and oxygen atoms in total. The molecule has 0 saturated carbocycles. The maximum absolute atomic E-state index is 11.8. The molecule has 0 unspecified atom stereocenters. The number of hydrogen-bond donors (Lipinski definition) is 2. The molecule has 1 aromatic heterocycles. The highest BCUT2D eigenvalue weighted by atomic mass is 16.5. The fourth-order valence-corrected chi connectivity index (χ4v) is 2.39. The third-order valence-corrected chi connectivity index (χ3v) is 3.81. The van der Waals surface area contributed by atoms with Crippen LogP contribution in [0.15, 0.2) is 85.6 Å². The van der Waals surface area contributed by atoms with Crippen LogP contribution in [-0.4, -0.2) is 17.4 Å². The Bertz CT molecular complexity index is 876. The zero-order valence-corrected chi connectivity index (χ0v) is 14.9. The number of carbonyl (C=O) groups excluding carboxylic acids is 1. The number of hydrogen-bond acceptors (Lipinski definition) is 4. The number of amides is 1. The molecule has 0 bridgehead atoms. The first-order valence-electron chi connectivity index (χ1n) is 8.63. The zero-order valence-electron chi connectivity index (χ0n) is 14.9. The van der Waals surface area contributed by atoms with Gasteiger partial charge in [0.05, 0.1) is 5.56 Å². The van der Waals surface area contributed by atoms with Crippen LogP contribution in [0.3, 0.4) is 0 Å². The predicted molar refractivity (Wildman–Crippen MR) is 107 cm³/mol. The number of ether oxygens (including phenoxy) is 1. The number of anilines is 2. The van der Waals surface area contributed by atoms with Crippen molar-refractivity contribution >= 4 is 17.4 Å². The van der Waals surface area contributed by atoms with E-state index >= 15 is 0 Å². The molecular formula is C22H21N3O2. The van der Waals surface area contributed by atoms with Crippen LogP contribution < -0.4 is 15.4 Å². The highest BCUT2D eigenvalue weighted by Crippen LogP contribution is 2.20. The van der Waals surface area contributed by atoms with Gasteiger partial charge in [-0.2, -0.15) is 0 Å². The van der Waals surface area contributed by atoms with Gasteiger partial charge in [0.25, 0.3) is 5.91 Å². The molecule has 0 aliphatic heterocycles. The molecule has 3 aromatic rings. The molecule has 136 valence electrons. The van der Waals surface area contributed by atoms with Crippen molar-refractivity contribution in [2.45, 2.75) is 6.61 Å². The number of rotatable bonds is 8. The molecule has 0 fully saturated rings. The van der Waals surface area contributed by atoms with Gasteiger partial charge in [-0.15, -0.1) is 6.58 Å². The summed E-state index contributed by atoms with van der Waals surface area (Å²) in [6, 6.07) is 21.2. The topological polar surface area (TPSA) is 63.2 Å². The lowest BCUT2D eigenvalue weighted by Crippen LogP contribution is -2.23. The van der Waals surface area contributed by atoms with Crippen molar-refractivity contribution in [3.63, 3.8) is 0 Å². The van der Waals surface area contributed by atoms with Gasteiger partial charge >= 0.3 is 0 Å². The van der Waals surface area contributed by atoms with E-state index in [1.165, 1.54) is 6.20 Å². The number of nitrogens with zero attached hydrogens (tertiary/aromatic N) is 1. The van der Waals surface area contributed by atoms with Gasteiger partial charge in [0, 0.05) is 18.4 Å². The number of pyridine rings is 1. The summed E-state index contributed by atoms with van der Waals surface area (Å²) in [5.74, 6) is 1.29. The van der Waals surface area contributed by atoms with Crippen LogP contribution >= 0.6 is 0 Å². The van der Waals surface area contributed by atoms with Crippen molar-refractivity contribution in [2.24, 2.45) is 0 Å². The molecule has 0 aliphatic rings. The Morgan fingerprint density at radius 2 is 1.81 bits per heavy atom. The van der Waals surface area contributed by atoms with Crippen LogP contribution in [-0.2, 0) is 6.61 Å². The highest BCUT2D eigenvalue weighted by molar-refractivity contribution is 5.94. The molecule has 1 heterocycles. The van der Waals surface area contributed by atoms with Crippen molar-refractivity contribution < 1.29 is 9.53 Å². The van der Waals surface area contributed by atoms with Crippen molar-refractivity contribution in [3.8, 4) is 5.75 Å². The molecule has 2 aromatic carbocycles. The van der Waals surface area contributed by atoms with Gasteiger partial charge in [-0.3, -0.25) is 4.79 Å². The quantitative estimate of drug-likeness (QED) is 0.588. The van der Waals surface area contributed by atoms with Gasteiger partial charge in [-0.1, -0.05) is 36.4 Å². The Kier molecular flexibility index (Phi) is 6.20. The van der Waals surface area contributed by atoms with E-state index in [0.717, 1.165) is 17.0 Å². The van der Waals surface area contributed by atoms with Gasteiger partial charge in [0.15, 0.2) is 0 Å². The average molecular weight is 359 g/mol. The Balaban J connectivity index is 1.54. The third-order valence-electron chi connectivity index (χ3n) is 3.81. The van der Waals surface area contributed by atoms with Crippen molar-refractivity contribution in [1.82, 2.24) is 10.3 Å². The lowest BCUT2D eigenvalue weighted by molar-refractivity contribution is 0.0957. The number of benzene rings is 2. The van der Waals surface area contributed by atoms with Crippen LogP contribution in [0.5, 0.6) is 5.75 Å². The normalized spacial score (nSPS) is 10.1. The van der Waals surface area contributed by atoms with E-state index in [1.54, 1.807) is 18.2 Å². The lowest BCUT2D eigenvalue weighted by atomic mass is 10.2. The maximum atomic E-state index is 11.8. The molecule has 27 heavy (non-hydrogen) atoms. The monoisotopic (exact) mass is 359 g/mol. The number of nitrogens with one attached hydrogen (secondary N) is 2. The summed E-state index contributed by atoms with van der Waals surface area (Å²) in [5, 5.41) is 5.92. The van der Waals surface area contributed by atoms with E-state index in [1.807, 2.05) is 54.6 Å². The molecule has 0 aliphatic carbocycles. The molecular weight excluding hydrogens is 338 g/mol. The predicted octanol–water partition coefficient (Wildman–Crippen LogP) is 4.32. The lowest BCUT2D eigenvalue weighted by Gasteiger charge is -2.09. The second kappa shape index (κ2) is 9.20. The summed E-state index contributed by atoms with van der Waals surface area (Å²) in [7, 11) is 0. The Labute approximate surface area is 158 Å². The Morgan fingerprint density at radius 1 is 1.04 bits per heavy atom. The number of carbonyl (C=O) groups is 1. The Morgan fingerprint density at radius 3 is 2.48 bits per heavy atom. The minimum atomic E-state index is -0.172. The summed E-state index contributed by atoms with van der Waals surface area (Å²) in [5.41, 5.74) is 2.52. The highest BCUT2D eigenvalue weighted by Gasteiger charge is 2.05. The molecule has 5 heteroatoms. The molecule has 0 radical (unpaired) electrons. The molecule has 2 N–H and O–H groups in total. The third kappa shape index (κ3) is 5.44. The van der Waals surface area contributed by atoms with Crippen molar-refractivity contribution in [1.29, 1.82) is 0 Å². The van der Waals surface area contributed by atoms with Crippen LogP contribution in [0.1, 0.15) is 15.9 Å². The fraction of sp³-hybridized carbons (Fsp3) is 0.0909. The van der Waals surface area contributed by atoms with Gasteiger partial charge in [0.1, 0.15) is 18.2 Å². The summed E-state index contributed by atoms with van der Waals surface area (Å²) >= 11 is 0. The second-order valence-electron chi connectivity index (χ2n) is 5.85. The molecule has 3 rings (SSSR count). The minimum Gasteiger partial charge on any atom is -0.489 e. The van der Waals surface area contributed by atoms with Crippen molar-refractivity contribution in [3.05, 3.63) is 96.7 Å². The van der Waals surface area contributed by atoms with Crippen LogP contribution in [0.4, 0.5) is 11.5 Å². The van der Waals surface area contributed by atoms with Crippen LogP contribution in [0.2, 0.25) is 0 Å². The Hall–Kier alpha value is -3.60. The largest absolute Gasteiger partial charge is 0.489 e. The average Bonchev–Trinajstić information content (AvgIpc) is 2.73. The van der Waals surface area contributed by atoms with Gasteiger partial charge < -0.3 is 15.4 Å². The van der Waals surface area contributed by atoms with Gasteiger partial charge in [0.2, 0.25) is 0 Å². The summed E-state index contributed by atoms with van der Waals surface area (Å²) in [6.45, 7) is 4.53. The van der Waals surface area contributed by atoms with E-state index in [2.05, 4.69) is 22.2 Å². The first-order chi connectivity index (χ1) is 13.2. The maximum Gasteiger partial charge on any atom is 0.253 e. The second-order valence-corrected chi connectivity index (χ2v) is 5.85. The van der Waals surface area contributed by atoms with Gasteiger partial charge in [-0.25, -0.2) is 4.98 Å². The van der Waals surface area contributed by atoms with Crippen molar-refractivity contribution in [2.75, 3.05) is 11.9 Å². The molecule has 1 amide bonds. The SMILES string of the molecule is C=CCNC(=O)c1ccc(Nc2ccc(OCc3ccccc3)cc2)nc1. The molecule has 0 atom stereocenters. The van der Waals surface area contributed by atoms with Crippen LogP contribution in [0, 0.1) is 0 Å². The van der Waals surface area contributed by atoms with E-state index in [-0.39, 0.29) is 5.91 Å². The summed E-state index contributed by atoms with van der Waals surface area (Å²) in [6.07, 6.45) is 3.17. The first kappa shape index (κ1) is 18.2. The summed E-state index contributed by atoms with van der Waals surface area (Å²) in [4.78, 5) is 16.1. The van der Waals surface area contributed by atoms with Crippen LogP contribution in [0.25, 0.3) is 0 Å². The first-order valence-corrected chi connectivity index (χ1v) is 8.63. The molecule has 0 spiro atoms. The zero-order chi connectivity index (χ0) is 18.9. The molecule has 0 saturated heterocycles. The number of aromatic nitrogens is 1. The smallest absolute Gasteiger partial charge is 0.253 e. The van der Waals surface area contributed by atoms with E-state index in [9.17, 15) is 4.79 Å².